The summed E-state index contributed by atoms with van der Waals surface area (Å²) in [7, 11) is -13.3. The lowest BCUT2D eigenvalue weighted by molar-refractivity contribution is 0.577. The lowest BCUT2D eigenvalue weighted by atomic mass is 10.4. The third-order valence-electron chi connectivity index (χ3n) is 2.09. The number of sulfone groups is 3. The fourth-order valence-electron chi connectivity index (χ4n) is 1.51. The summed E-state index contributed by atoms with van der Waals surface area (Å²) in [4.78, 5) is -0.419. The summed E-state index contributed by atoms with van der Waals surface area (Å²) >= 11 is 5.59. The molecule has 0 bridgehead atoms. The minimum Gasteiger partial charge on any atom is -0.227 e. The first-order valence-electron chi connectivity index (χ1n) is 4.74. The number of benzene rings is 1. The van der Waals surface area contributed by atoms with Gasteiger partial charge in [-0.3, -0.25) is 0 Å². The predicted octanol–water partition coefficient (Wildman–Crippen LogP) is 0.487. The highest BCUT2D eigenvalue weighted by Gasteiger charge is 2.44. The van der Waals surface area contributed by atoms with E-state index in [4.69, 9.17) is 11.6 Å². The van der Waals surface area contributed by atoms with E-state index >= 15 is 0 Å². The quantitative estimate of drug-likeness (QED) is 0.786. The zero-order chi connectivity index (χ0) is 15.1. The van der Waals surface area contributed by atoms with Crippen LogP contribution < -0.4 is 0 Å². The third kappa shape index (κ3) is 3.68. The van der Waals surface area contributed by atoms with Crippen LogP contribution in [0.3, 0.4) is 0 Å². The van der Waals surface area contributed by atoms with Gasteiger partial charge in [0.25, 0.3) is 3.91 Å². The van der Waals surface area contributed by atoms with Gasteiger partial charge >= 0.3 is 0 Å². The van der Waals surface area contributed by atoms with E-state index in [0.717, 1.165) is 12.1 Å². The molecule has 108 valence electrons. The van der Waals surface area contributed by atoms with Crippen LogP contribution >= 0.6 is 11.6 Å². The van der Waals surface area contributed by atoms with Crippen LogP contribution in [0.5, 0.6) is 0 Å². The molecule has 0 aliphatic carbocycles. The van der Waals surface area contributed by atoms with Crippen molar-refractivity contribution in [3.8, 4) is 0 Å². The number of halogens is 1. The van der Waals surface area contributed by atoms with Gasteiger partial charge in [-0.25, -0.2) is 25.3 Å². The zero-order valence-electron chi connectivity index (χ0n) is 9.94. The summed E-state index contributed by atoms with van der Waals surface area (Å²) in [5.41, 5.74) is 0. The smallest absolute Gasteiger partial charge is 0.227 e. The van der Waals surface area contributed by atoms with E-state index in [1.54, 1.807) is 0 Å². The average molecular weight is 347 g/mol. The summed E-state index contributed by atoms with van der Waals surface area (Å²) in [6.07, 6.45) is 1.12. The maximum absolute atomic E-state index is 12.1. The van der Waals surface area contributed by atoms with E-state index in [-0.39, 0.29) is 5.02 Å². The topological polar surface area (TPSA) is 102 Å². The van der Waals surface area contributed by atoms with Crippen LogP contribution in [0.2, 0.25) is 5.02 Å². The molecule has 0 spiro atoms. The normalized spacial score (nSPS) is 13.7. The molecule has 6 nitrogen and oxygen atoms in total. The highest BCUT2D eigenvalue weighted by Crippen LogP contribution is 2.24. The molecule has 19 heavy (non-hydrogen) atoms. The van der Waals surface area contributed by atoms with Gasteiger partial charge in [0, 0.05) is 17.5 Å². The minimum atomic E-state index is -4.57. The van der Waals surface area contributed by atoms with Crippen LogP contribution in [0.25, 0.3) is 0 Å². The van der Waals surface area contributed by atoms with Gasteiger partial charge in [-0.2, -0.15) is 0 Å². The SMILES string of the molecule is CS(=O)(=O)C(S(C)(=O)=O)S(=O)(=O)c1ccc(Cl)cc1. The molecule has 1 aromatic carbocycles. The second kappa shape index (κ2) is 5.04. The van der Waals surface area contributed by atoms with Crippen LogP contribution in [0.1, 0.15) is 0 Å². The van der Waals surface area contributed by atoms with Crippen LogP contribution in [-0.4, -0.2) is 41.7 Å². The Morgan fingerprint density at radius 3 is 1.53 bits per heavy atom. The molecule has 0 aliphatic heterocycles. The first-order chi connectivity index (χ1) is 8.37. The van der Waals surface area contributed by atoms with Crippen LogP contribution in [0, 0.1) is 0 Å². The van der Waals surface area contributed by atoms with Crippen LogP contribution in [0.4, 0.5) is 0 Å². The summed E-state index contributed by atoms with van der Waals surface area (Å²) in [6.45, 7) is 0. The minimum absolute atomic E-state index is 0.245. The molecule has 0 saturated carbocycles. The van der Waals surface area contributed by atoms with Crippen molar-refractivity contribution in [3.63, 3.8) is 0 Å². The molecule has 0 aromatic heterocycles. The zero-order valence-corrected chi connectivity index (χ0v) is 13.1. The second-order valence-electron chi connectivity index (χ2n) is 3.95. The molecule has 0 fully saturated rings. The standard InChI is InChI=1S/C9H11ClO6S3/c1-17(11,12)9(18(2,13)14)19(15,16)8-5-3-7(10)4-6-8/h3-6,9H,1-2H3. The fraction of sp³-hybridized carbons (Fsp3) is 0.333. The van der Waals surface area contributed by atoms with E-state index in [2.05, 4.69) is 0 Å². The summed E-state index contributed by atoms with van der Waals surface area (Å²) in [5, 5.41) is 0.245. The number of hydrogen-bond donors (Lipinski definition) is 0. The predicted molar refractivity (Wildman–Crippen MR) is 72.1 cm³/mol. The van der Waals surface area contributed by atoms with Gasteiger partial charge in [-0.05, 0) is 24.3 Å². The maximum Gasteiger partial charge on any atom is 0.266 e. The maximum atomic E-state index is 12.1. The van der Waals surface area contributed by atoms with Crippen LogP contribution in [-0.2, 0) is 29.5 Å². The molecule has 0 radical (unpaired) electrons. The molecular weight excluding hydrogens is 336 g/mol. The molecule has 0 atom stereocenters. The molecule has 0 heterocycles. The van der Waals surface area contributed by atoms with E-state index in [9.17, 15) is 25.3 Å². The highest BCUT2D eigenvalue weighted by molar-refractivity contribution is 8.23. The lowest BCUT2D eigenvalue weighted by Crippen LogP contribution is -2.36. The van der Waals surface area contributed by atoms with Crippen molar-refractivity contribution >= 4 is 41.1 Å². The molecule has 0 N–H and O–H groups in total. The van der Waals surface area contributed by atoms with E-state index < -0.39 is 38.3 Å². The van der Waals surface area contributed by atoms with Crippen molar-refractivity contribution in [1.29, 1.82) is 0 Å². The van der Waals surface area contributed by atoms with Gasteiger partial charge in [0.2, 0.25) is 9.84 Å². The largest absolute Gasteiger partial charge is 0.266 e. The van der Waals surface area contributed by atoms with Crippen molar-refractivity contribution < 1.29 is 25.3 Å². The first-order valence-corrected chi connectivity index (χ1v) is 10.6. The Balaban J connectivity index is 3.60. The molecule has 0 unspecified atom stereocenters. The highest BCUT2D eigenvalue weighted by atomic mass is 35.5. The van der Waals surface area contributed by atoms with E-state index in [1.165, 1.54) is 12.1 Å². The van der Waals surface area contributed by atoms with Crippen molar-refractivity contribution in [1.82, 2.24) is 0 Å². The molecule has 10 heteroatoms. The van der Waals surface area contributed by atoms with Gasteiger partial charge < -0.3 is 0 Å². The second-order valence-corrected chi connectivity index (χ2v) is 11.6. The van der Waals surface area contributed by atoms with Gasteiger partial charge in [-0.1, -0.05) is 11.6 Å². The van der Waals surface area contributed by atoms with Crippen molar-refractivity contribution in [2.45, 2.75) is 8.81 Å². The summed E-state index contributed by atoms with van der Waals surface area (Å²) in [6, 6.07) is 4.58. The fourth-order valence-corrected chi connectivity index (χ4v) is 9.27. The Kier molecular flexibility index (Phi) is 4.35. The number of hydrogen-bond acceptors (Lipinski definition) is 6. The molecule has 1 rings (SSSR count). The molecule has 0 aliphatic rings. The Hall–Kier alpha value is -0.640. The summed E-state index contributed by atoms with van der Waals surface area (Å²) < 4.78 is 67.7. The first kappa shape index (κ1) is 16.4. The van der Waals surface area contributed by atoms with Crippen molar-refractivity contribution in [3.05, 3.63) is 29.3 Å². The Morgan fingerprint density at radius 2 is 1.21 bits per heavy atom. The Morgan fingerprint density at radius 1 is 0.842 bits per heavy atom. The third-order valence-corrected chi connectivity index (χ3v) is 10.9. The number of rotatable bonds is 4. The van der Waals surface area contributed by atoms with Gasteiger partial charge in [0.05, 0.1) is 4.90 Å². The van der Waals surface area contributed by atoms with Crippen molar-refractivity contribution in [2.75, 3.05) is 12.5 Å². The lowest BCUT2D eigenvalue weighted by Gasteiger charge is -2.14. The van der Waals surface area contributed by atoms with Gasteiger partial charge in [0.1, 0.15) is 0 Å². The van der Waals surface area contributed by atoms with E-state index in [0.29, 0.717) is 12.5 Å². The molecule has 1 aromatic rings. The van der Waals surface area contributed by atoms with E-state index in [1.807, 2.05) is 0 Å². The van der Waals surface area contributed by atoms with Gasteiger partial charge in [0.15, 0.2) is 19.7 Å². The molecule has 0 saturated heterocycles. The Bertz CT molecular complexity index is 743. The summed E-state index contributed by atoms with van der Waals surface area (Å²) in [5.74, 6) is 0. The molecule has 0 amide bonds. The van der Waals surface area contributed by atoms with Crippen LogP contribution in [0.15, 0.2) is 29.2 Å². The van der Waals surface area contributed by atoms with Crippen molar-refractivity contribution in [2.24, 2.45) is 0 Å². The average Bonchev–Trinajstić information content (AvgIpc) is 2.12. The molecular formula is C9H11ClO6S3. The van der Waals surface area contributed by atoms with Gasteiger partial charge in [-0.15, -0.1) is 0 Å². The Labute approximate surface area is 117 Å². The monoisotopic (exact) mass is 346 g/mol.